The van der Waals surface area contributed by atoms with E-state index in [4.69, 9.17) is 10.0 Å². The third-order valence-electron chi connectivity index (χ3n) is 2.76. The maximum absolute atomic E-state index is 13.4. The minimum absolute atomic E-state index is 0.0676. The van der Waals surface area contributed by atoms with E-state index in [0.29, 0.717) is 0 Å². The van der Waals surface area contributed by atoms with Crippen molar-refractivity contribution in [2.45, 2.75) is 30.7 Å². The van der Waals surface area contributed by atoms with Crippen molar-refractivity contribution in [2.24, 2.45) is 0 Å². The van der Waals surface area contributed by atoms with E-state index in [9.17, 15) is 12.8 Å². The Morgan fingerprint density at radius 2 is 2.00 bits per heavy atom. The van der Waals surface area contributed by atoms with Crippen LogP contribution in [0.2, 0.25) is 0 Å². The number of benzene rings is 1. The van der Waals surface area contributed by atoms with Crippen LogP contribution in [0.3, 0.4) is 0 Å². The van der Waals surface area contributed by atoms with E-state index in [0.717, 1.165) is 25.0 Å². The van der Waals surface area contributed by atoms with Crippen molar-refractivity contribution < 1.29 is 22.9 Å². The van der Waals surface area contributed by atoms with Crippen LogP contribution in [-0.4, -0.2) is 31.6 Å². The lowest BCUT2D eigenvalue weighted by molar-refractivity contribution is 0.423. The van der Waals surface area contributed by atoms with Gasteiger partial charge in [0, 0.05) is 11.5 Å². The minimum Gasteiger partial charge on any atom is -0.423 e. The van der Waals surface area contributed by atoms with E-state index in [-0.39, 0.29) is 16.5 Å². The Bertz CT molecular complexity index is 571. The molecule has 0 amide bonds. The molecule has 0 heterocycles. The van der Waals surface area contributed by atoms with Gasteiger partial charge in [-0.3, -0.25) is 0 Å². The summed E-state index contributed by atoms with van der Waals surface area (Å²) < 4.78 is 39.9. The molecule has 5 nitrogen and oxygen atoms in total. The summed E-state index contributed by atoms with van der Waals surface area (Å²) in [6.45, 7) is 1.46. The molecule has 98 valence electrons. The minimum atomic E-state index is -3.74. The third-order valence-corrected chi connectivity index (χ3v) is 4.42. The van der Waals surface area contributed by atoms with E-state index in [1.54, 1.807) is 0 Å². The highest BCUT2D eigenvalue weighted by molar-refractivity contribution is 7.89. The zero-order valence-corrected chi connectivity index (χ0v) is 10.5. The molecule has 1 aliphatic rings. The Morgan fingerprint density at radius 1 is 1.39 bits per heavy atom. The Hall–Kier alpha value is -0.955. The van der Waals surface area contributed by atoms with Gasteiger partial charge in [-0.05, 0) is 37.5 Å². The summed E-state index contributed by atoms with van der Waals surface area (Å²) in [7, 11) is -5.78. The molecule has 0 bridgehead atoms. The van der Waals surface area contributed by atoms with E-state index in [1.165, 1.54) is 6.92 Å². The highest BCUT2D eigenvalue weighted by atomic mass is 32.2. The van der Waals surface area contributed by atoms with Crippen LogP contribution in [0.4, 0.5) is 4.39 Å². The first-order valence-electron chi connectivity index (χ1n) is 5.50. The Labute approximate surface area is 105 Å². The molecule has 1 saturated carbocycles. The molecule has 0 spiro atoms. The summed E-state index contributed by atoms with van der Waals surface area (Å²) >= 11 is 0. The van der Waals surface area contributed by atoms with Gasteiger partial charge in [0.05, 0.1) is 4.90 Å². The fourth-order valence-electron chi connectivity index (χ4n) is 1.64. The maximum atomic E-state index is 13.4. The number of rotatable bonds is 4. The number of nitrogens with one attached hydrogen (secondary N) is 1. The molecule has 0 aliphatic heterocycles. The number of hydrogen-bond donors (Lipinski definition) is 3. The molecule has 0 radical (unpaired) electrons. The molecule has 1 aliphatic carbocycles. The van der Waals surface area contributed by atoms with Crippen LogP contribution in [0.25, 0.3) is 0 Å². The topological polar surface area (TPSA) is 86.6 Å². The second-order valence-corrected chi connectivity index (χ2v) is 6.09. The Morgan fingerprint density at radius 3 is 2.50 bits per heavy atom. The Kier molecular flexibility index (Phi) is 3.46. The lowest BCUT2D eigenvalue weighted by Gasteiger charge is -2.11. The summed E-state index contributed by atoms with van der Waals surface area (Å²) in [5.74, 6) is -0.840. The van der Waals surface area contributed by atoms with E-state index in [2.05, 4.69) is 4.72 Å². The van der Waals surface area contributed by atoms with Crippen molar-refractivity contribution >= 4 is 22.6 Å². The van der Waals surface area contributed by atoms with Crippen molar-refractivity contribution in [3.05, 3.63) is 23.5 Å². The lowest BCUT2D eigenvalue weighted by atomic mass is 9.79. The predicted molar refractivity (Wildman–Crippen MR) is 64.3 cm³/mol. The largest absolute Gasteiger partial charge is 0.491 e. The molecule has 1 fully saturated rings. The average Bonchev–Trinajstić information content (AvgIpc) is 2.99. The SMILES string of the molecule is Cc1cc(F)c(B(O)O)cc1S(=O)(=O)NC1CC1. The van der Waals surface area contributed by atoms with Crippen molar-refractivity contribution in [1.29, 1.82) is 0 Å². The van der Waals surface area contributed by atoms with Gasteiger partial charge in [0.2, 0.25) is 10.0 Å². The summed E-state index contributed by atoms with van der Waals surface area (Å²) in [6.07, 6.45) is 1.57. The highest BCUT2D eigenvalue weighted by Gasteiger charge is 2.30. The van der Waals surface area contributed by atoms with Crippen molar-refractivity contribution in [1.82, 2.24) is 4.72 Å². The molecule has 0 saturated heterocycles. The second kappa shape index (κ2) is 4.62. The smallest absolute Gasteiger partial charge is 0.423 e. The molecule has 2 rings (SSSR count). The fraction of sp³-hybridized carbons (Fsp3) is 0.400. The first-order valence-corrected chi connectivity index (χ1v) is 6.98. The molecule has 0 aromatic heterocycles. The maximum Gasteiger partial charge on any atom is 0.491 e. The number of halogens is 1. The molecule has 0 atom stereocenters. The summed E-state index contributed by atoms with van der Waals surface area (Å²) in [5.41, 5.74) is -0.221. The summed E-state index contributed by atoms with van der Waals surface area (Å²) in [6, 6.07) is 1.87. The predicted octanol–water partition coefficient (Wildman–Crippen LogP) is -0.745. The zero-order valence-electron chi connectivity index (χ0n) is 9.72. The van der Waals surface area contributed by atoms with Gasteiger partial charge < -0.3 is 10.0 Å². The molecular formula is C10H13BFNO4S. The standard InChI is InChI=1S/C10H13BFNO4S/c1-6-4-9(12)8(11(14)15)5-10(6)18(16,17)13-7-2-3-7/h4-5,7,13-15H,2-3H2,1H3. The highest BCUT2D eigenvalue weighted by Crippen LogP contribution is 2.23. The van der Waals surface area contributed by atoms with Gasteiger partial charge in [0.25, 0.3) is 0 Å². The van der Waals surface area contributed by atoms with Crippen LogP contribution in [0.1, 0.15) is 18.4 Å². The molecule has 8 heteroatoms. The van der Waals surface area contributed by atoms with Crippen LogP contribution in [0.15, 0.2) is 17.0 Å². The average molecular weight is 273 g/mol. The molecule has 1 aromatic rings. The van der Waals surface area contributed by atoms with Gasteiger partial charge in [-0.15, -0.1) is 0 Å². The van der Waals surface area contributed by atoms with Crippen LogP contribution in [-0.2, 0) is 10.0 Å². The van der Waals surface area contributed by atoms with Crippen molar-refractivity contribution in [3.8, 4) is 0 Å². The molecule has 1 aromatic carbocycles. The van der Waals surface area contributed by atoms with Gasteiger partial charge >= 0.3 is 7.12 Å². The quantitative estimate of drug-likeness (QED) is 0.630. The van der Waals surface area contributed by atoms with E-state index >= 15 is 0 Å². The summed E-state index contributed by atoms with van der Waals surface area (Å²) in [4.78, 5) is -0.126. The van der Waals surface area contributed by atoms with Gasteiger partial charge in [-0.25, -0.2) is 17.5 Å². The van der Waals surface area contributed by atoms with E-state index < -0.39 is 28.4 Å². The van der Waals surface area contributed by atoms with Crippen LogP contribution >= 0.6 is 0 Å². The number of aryl methyl sites for hydroxylation is 1. The lowest BCUT2D eigenvalue weighted by Crippen LogP contribution is -2.35. The summed E-state index contributed by atoms with van der Waals surface area (Å²) in [5, 5.41) is 18.0. The van der Waals surface area contributed by atoms with Crippen LogP contribution in [0.5, 0.6) is 0 Å². The number of sulfonamides is 1. The molecule has 3 N–H and O–H groups in total. The normalized spacial score (nSPS) is 15.8. The number of hydrogen-bond acceptors (Lipinski definition) is 4. The van der Waals surface area contributed by atoms with Gasteiger partial charge in [-0.2, -0.15) is 0 Å². The third kappa shape index (κ3) is 2.72. The first kappa shape index (κ1) is 13.5. The fourth-order valence-corrected chi connectivity index (χ4v) is 3.21. The van der Waals surface area contributed by atoms with Crippen LogP contribution < -0.4 is 10.2 Å². The van der Waals surface area contributed by atoms with Crippen LogP contribution in [0, 0.1) is 12.7 Å². The van der Waals surface area contributed by atoms with Gasteiger partial charge in [0.15, 0.2) is 0 Å². The Balaban J connectivity index is 2.46. The molecule has 18 heavy (non-hydrogen) atoms. The monoisotopic (exact) mass is 273 g/mol. The zero-order chi connectivity index (χ0) is 13.5. The van der Waals surface area contributed by atoms with Gasteiger partial charge in [0.1, 0.15) is 5.82 Å². The van der Waals surface area contributed by atoms with Crippen molar-refractivity contribution in [2.75, 3.05) is 0 Å². The van der Waals surface area contributed by atoms with Gasteiger partial charge in [-0.1, -0.05) is 0 Å². The molecule has 0 unspecified atom stereocenters. The second-order valence-electron chi connectivity index (χ2n) is 4.41. The van der Waals surface area contributed by atoms with E-state index in [1.807, 2.05) is 0 Å². The van der Waals surface area contributed by atoms with Crippen molar-refractivity contribution in [3.63, 3.8) is 0 Å². The molecular weight excluding hydrogens is 260 g/mol. The first-order chi connectivity index (χ1) is 8.31.